The summed E-state index contributed by atoms with van der Waals surface area (Å²) < 4.78 is 19.0. The zero-order valence-corrected chi connectivity index (χ0v) is 17.5. The fourth-order valence-electron chi connectivity index (χ4n) is 3.10. The van der Waals surface area contributed by atoms with Gasteiger partial charge in [0.2, 0.25) is 0 Å². The molecule has 6 nitrogen and oxygen atoms in total. The molecule has 1 aromatic heterocycles. The molecule has 1 aliphatic rings. The van der Waals surface area contributed by atoms with Gasteiger partial charge in [0.1, 0.15) is 24.1 Å². The van der Waals surface area contributed by atoms with Crippen LogP contribution in [0, 0.1) is 0 Å². The molecule has 7 heteroatoms. The molecule has 0 amide bonds. The molecule has 0 radical (unpaired) electrons. The lowest BCUT2D eigenvalue weighted by molar-refractivity contribution is -0.131. The van der Waals surface area contributed by atoms with E-state index in [1.54, 1.807) is 6.07 Å². The smallest absolute Gasteiger partial charge is 0.308 e. The largest absolute Gasteiger partial charge is 0.493 e. The van der Waals surface area contributed by atoms with Crippen molar-refractivity contribution in [2.75, 3.05) is 13.2 Å². The minimum absolute atomic E-state index is 0.140. The van der Waals surface area contributed by atoms with Crippen LogP contribution in [0.3, 0.4) is 0 Å². The number of aromatic nitrogens is 2. The Hall–Kier alpha value is -2.12. The van der Waals surface area contributed by atoms with Gasteiger partial charge in [0.05, 0.1) is 12.5 Å². The average Bonchev–Trinajstić information content (AvgIpc) is 3.05. The average molecular weight is 389 g/mol. The highest BCUT2D eigenvalue weighted by Crippen LogP contribution is 2.34. The topological polar surface area (TPSA) is 62.6 Å². The van der Waals surface area contributed by atoms with E-state index in [4.69, 9.17) is 14.2 Å². The van der Waals surface area contributed by atoms with Crippen LogP contribution >= 0.6 is 0 Å². The van der Waals surface area contributed by atoms with Gasteiger partial charge in [0.15, 0.2) is 0 Å². The highest BCUT2D eigenvalue weighted by molar-refractivity contribution is 6.76. The predicted octanol–water partition coefficient (Wildman–Crippen LogP) is 3.84. The maximum Gasteiger partial charge on any atom is 0.308 e. The number of esters is 1. The van der Waals surface area contributed by atoms with Gasteiger partial charge in [0, 0.05) is 34.0 Å². The fraction of sp³-hybridized carbons (Fsp3) is 0.500. The molecule has 1 aliphatic heterocycles. The van der Waals surface area contributed by atoms with Gasteiger partial charge in [-0.2, -0.15) is 0 Å². The first-order chi connectivity index (χ1) is 12.8. The first kappa shape index (κ1) is 19.6. The summed E-state index contributed by atoms with van der Waals surface area (Å²) in [5, 5.41) is 0. The molecule has 0 bridgehead atoms. The Kier molecular flexibility index (Phi) is 6.01. The number of ether oxygens (including phenoxy) is 3. The van der Waals surface area contributed by atoms with E-state index < -0.39 is 8.07 Å². The summed E-state index contributed by atoms with van der Waals surface area (Å²) in [4.78, 5) is 15.7. The Bertz CT molecular complexity index is 798. The number of fused-ring (bicyclic) bond motifs is 1. The summed E-state index contributed by atoms with van der Waals surface area (Å²) in [6, 6.07) is 6.64. The molecule has 0 spiro atoms. The predicted molar refractivity (Wildman–Crippen MR) is 106 cm³/mol. The lowest BCUT2D eigenvalue weighted by Gasteiger charge is -2.26. The second-order valence-corrected chi connectivity index (χ2v) is 13.8. The van der Waals surface area contributed by atoms with Crippen LogP contribution < -0.4 is 9.47 Å². The van der Waals surface area contributed by atoms with Crippen LogP contribution in [0.2, 0.25) is 25.7 Å². The summed E-state index contributed by atoms with van der Waals surface area (Å²) >= 11 is 0. The molecule has 0 saturated carbocycles. The number of hydrogen-bond acceptors (Lipinski definition) is 5. The zero-order chi connectivity index (χ0) is 19.4. The summed E-state index contributed by atoms with van der Waals surface area (Å²) in [6.07, 6.45) is 4.55. The van der Waals surface area contributed by atoms with Crippen LogP contribution in [-0.4, -0.2) is 36.8 Å². The lowest BCUT2D eigenvalue weighted by atomic mass is 9.96. The molecule has 2 aromatic rings. The van der Waals surface area contributed by atoms with Crippen LogP contribution in [0.25, 0.3) is 0 Å². The molecule has 1 aromatic carbocycles. The van der Waals surface area contributed by atoms with Crippen molar-refractivity contribution in [3.05, 3.63) is 42.0 Å². The van der Waals surface area contributed by atoms with Crippen molar-refractivity contribution in [2.45, 2.75) is 51.7 Å². The van der Waals surface area contributed by atoms with Crippen molar-refractivity contribution < 1.29 is 19.0 Å². The second-order valence-electron chi connectivity index (χ2n) is 8.18. The molecular weight excluding hydrogens is 360 g/mol. The minimum Gasteiger partial charge on any atom is -0.493 e. The lowest BCUT2D eigenvalue weighted by Crippen LogP contribution is -2.24. The quantitative estimate of drug-likeness (QED) is 0.312. The highest BCUT2D eigenvalue weighted by Gasteiger charge is 2.25. The number of nitrogens with zero attached hydrogens (tertiary/aromatic N) is 2. The molecule has 0 N–H and O–H groups in total. The van der Waals surface area contributed by atoms with Crippen LogP contribution in [0.5, 0.6) is 11.5 Å². The van der Waals surface area contributed by atoms with E-state index in [9.17, 15) is 4.79 Å². The van der Waals surface area contributed by atoms with E-state index in [-0.39, 0.29) is 11.9 Å². The van der Waals surface area contributed by atoms with Crippen molar-refractivity contribution in [3.63, 3.8) is 0 Å². The SMILES string of the molecule is CC(=O)Oc1ccc2c(c1)CC(c1nccn1COCC[Si](C)(C)C)CO2. The van der Waals surface area contributed by atoms with Crippen molar-refractivity contribution in [1.29, 1.82) is 0 Å². The highest BCUT2D eigenvalue weighted by atomic mass is 28.3. The number of hydrogen-bond donors (Lipinski definition) is 0. The molecule has 3 rings (SSSR count). The number of benzene rings is 1. The second kappa shape index (κ2) is 8.27. The van der Waals surface area contributed by atoms with Gasteiger partial charge in [-0.3, -0.25) is 4.79 Å². The summed E-state index contributed by atoms with van der Waals surface area (Å²) in [5.74, 6) is 2.16. The maximum atomic E-state index is 11.2. The normalized spacial score (nSPS) is 16.5. The van der Waals surface area contributed by atoms with Gasteiger partial charge in [-0.1, -0.05) is 19.6 Å². The monoisotopic (exact) mass is 388 g/mol. The fourth-order valence-corrected chi connectivity index (χ4v) is 3.85. The van der Waals surface area contributed by atoms with Gasteiger partial charge < -0.3 is 18.8 Å². The molecule has 1 atom stereocenters. The third-order valence-electron chi connectivity index (χ3n) is 4.54. The van der Waals surface area contributed by atoms with Crippen LogP contribution in [0.1, 0.15) is 24.2 Å². The maximum absolute atomic E-state index is 11.2. The molecule has 0 fully saturated rings. The number of rotatable bonds is 7. The Labute approximate surface area is 161 Å². The molecule has 2 heterocycles. The van der Waals surface area contributed by atoms with Gasteiger partial charge in [0.25, 0.3) is 0 Å². The summed E-state index contributed by atoms with van der Waals surface area (Å²) in [5.41, 5.74) is 1.03. The van der Waals surface area contributed by atoms with Gasteiger partial charge in [-0.05, 0) is 36.2 Å². The van der Waals surface area contributed by atoms with Crippen LogP contribution in [0.4, 0.5) is 0 Å². The Morgan fingerprint density at radius 2 is 2.19 bits per heavy atom. The van der Waals surface area contributed by atoms with Crippen molar-refractivity contribution in [2.24, 2.45) is 0 Å². The number of imidazole rings is 1. The van der Waals surface area contributed by atoms with E-state index in [1.807, 2.05) is 24.5 Å². The summed E-state index contributed by atoms with van der Waals surface area (Å²) in [7, 11) is -1.09. The third kappa shape index (κ3) is 5.43. The van der Waals surface area contributed by atoms with Gasteiger partial charge >= 0.3 is 5.97 Å². The number of carbonyl (C=O) groups is 1. The Morgan fingerprint density at radius 3 is 2.93 bits per heavy atom. The van der Waals surface area contributed by atoms with Crippen molar-refractivity contribution in [3.8, 4) is 11.5 Å². The molecule has 27 heavy (non-hydrogen) atoms. The van der Waals surface area contributed by atoms with E-state index in [0.29, 0.717) is 19.1 Å². The molecule has 146 valence electrons. The van der Waals surface area contributed by atoms with Crippen LogP contribution in [0.15, 0.2) is 30.6 Å². The van der Waals surface area contributed by atoms with E-state index in [1.165, 1.54) is 6.92 Å². The third-order valence-corrected chi connectivity index (χ3v) is 6.24. The van der Waals surface area contributed by atoms with E-state index >= 15 is 0 Å². The molecule has 1 unspecified atom stereocenters. The van der Waals surface area contributed by atoms with Gasteiger partial charge in [-0.25, -0.2) is 4.98 Å². The first-order valence-electron chi connectivity index (χ1n) is 9.35. The van der Waals surface area contributed by atoms with Gasteiger partial charge in [-0.15, -0.1) is 0 Å². The van der Waals surface area contributed by atoms with E-state index in [0.717, 1.165) is 36.2 Å². The van der Waals surface area contributed by atoms with Crippen molar-refractivity contribution >= 4 is 14.0 Å². The Morgan fingerprint density at radius 1 is 1.37 bits per heavy atom. The number of carbonyl (C=O) groups excluding carboxylic acids is 1. The minimum atomic E-state index is -1.09. The molecule has 0 aliphatic carbocycles. The molecule has 0 saturated heterocycles. The Balaban J connectivity index is 1.65. The zero-order valence-electron chi connectivity index (χ0n) is 16.5. The molecular formula is C20H28N2O4Si. The first-order valence-corrected chi connectivity index (χ1v) is 13.1. The van der Waals surface area contributed by atoms with E-state index in [2.05, 4.69) is 29.2 Å². The standard InChI is InChI=1S/C20H28N2O4Si/c1-15(23)26-18-5-6-19-16(12-18)11-17(13-25-19)20-21-7-8-22(20)14-24-9-10-27(2,3)4/h5-8,12,17H,9-11,13-14H2,1-4H3. The van der Waals surface area contributed by atoms with Crippen molar-refractivity contribution in [1.82, 2.24) is 9.55 Å². The summed E-state index contributed by atoms with van der Waals surface area (Å²) in [6.45, 7) is 10.3. The van der Waals surface area contributed by atoms with Crippen LogP contribution in [-0.2, 0) is 22.7 Å².